The average molecular weight is 394 g/mol. The Hall–Kier alpha value is -2.81. The Balaban J connectivity index is 1.93. The number of rotatable bonds is 5. The second-order valence-corrected chi connectivity index (χ2v) is 8.08. The van der Waals surface area contributed by atoms with E-state index in [-0.39, 0.29) is 5.69 Å². The van der Waals surface area contributed by atoms with Crippen molar-refractivity contribution in [3.8, 4) is 5.75 Å². The van der Waals surface area contributed by atoms with Crippen LogP contribution in [0.5, 0.6) is 5.75 Å². The van der Waals surface area contributed by atoms with E-state index in [4.69, 9.17) is 5.11 Å². The molecule has 0 atom stereocenters. The molecule has 7 nitrogen and oxygen atoms in total. The van der Waals surface area contributed by atoms with Crippen LogP contribution in [0.3, 0.4) is 0 Å². The number of phenols is 1. The molecule has 1 fully saturated rings. The molecule has 0 unspecified atom stereocenters. The van der Waals surface area contributed by atoms with Crippen molar-refractivity contribution in [1.29, 1.82) is 0 Å². The summed E-state index contributed by atoms with van der Waals surface area (Å²) in [5.74, 6) is -2.87. The van der Waals surface area contributed by atoms with Crippen molar-refractivity contribution in [1.82, 2.24) is 0 Å². The van der Waals surface area contributed by atoms with Gasteiger partial charge in [0.25, 0.3) is 10.0 Å². The number of nitrogens with zero attached hydrogens (tertiary/aromatic N) is 1. The van der Waals surface area contributed by atoms with Crippen LogP contribution in [0.2, 0.25) is 0 Å². The maximum Gasteiger partial charge on any atom is 0.339 e. The molecule has 2 aromatic carbocycles. The third-order valence-electron chi connectivity index (χ3n) is 4.39. The van der Waals surface area contributed by atoms with Crippen molar-refractivity contribution in [3.63, 3.8) is 0 Å². The van der Waals surface area contributed by atoms with E-state index in [0.717, 1.165) is 38.1 Å². The van der Waals surface area contributed by atoms with E-state index in [1.165, 1.54) is 25.1 Å². The summed E-state index contributed by atoms with van der Waals surface area (Å²) in [6.07, 6.45) is 1.96. The SMILES string of the molecule is Cc1cc(C(=O)O)c(O)c(S(=O)(=O)Nc2ccc(N3CCCC3)c(F)c2)c1. The number of carboxylic acid groups (broad SMARTS) is 1. The van der Waals surface area contributed by atoms with Gasteiger partial charge in [-0.1, -0.05) is 0 Å². The van der Waals surface area contributed by atoms with Gasteiger partial charge in [-0.15, -0.1) is 0 Å². The van der Waals surface area contributed by atoms with Crippen molar-refractivity contribution in [2.24, 2.45) is 0 Å². The van der Waals surface area contributed by atoms with Gasteiger partial charge in [-0.05, 0) is 49.6 Å². The first kappa shape index (κ1) is 19.0. The summed E-state index contributed by atoms with van der Waals surface area (Å²) in [6.45, 7) is 3.00. The quantitative estimate of drug-likeness (QED) is 0.720. The normalized spacial score (nSPS) is 14.4. The number of nitrogens with one attached hydrogen (secondary N) is 1. The van der Waals surface area contributed by atoms with Crippen LogP contribution in [-0.4, -0.2) is 37.7 Å². The highest BCUT2D eigenvalue weighted by atomic mass is 32.2. The lowest BCUT2D eigenvalue weighted by Gasteiger charge is -2.19. The standard InChI is InChI=1S/C18H19FN2O5S/c1-11-8-13(18(23)24)17(22)16(9-11)27(25,26)20-12-4-5-15(14(19)10-12)21-6-2-3-7-21/h4-5,8-10,20,22H,2-3,6-7H2,1H3,(H,23,24). The monoisotopic (exact) mass is 394 g/mol. The number of aromatic carboxylic acids is 1. The van der Waals surface area contributed by atoms with E-state index in [0.29, 0.717) is 11.3 Å². The number of hydrogen-bond acceptors (Lipinski definition) is 5. The molecular weight excluding hydrogens is 375 g/mol. The van der Waals surface area contributed by atoms with Crippen LogP contribution < -0.4 is 9.62 Å². The third kappa shape index (κ3) is 3.82. The topological polar surface area (TPSA) is 107 Å². The summed E-state index contributed by atoms with van der Waals surface area (Å²) in [6, 6.07) is 6.31. The Morgan fingerprint density at radius 2 is 1.85 bits per heavy atom. The van der Waals surface area contributed by atoms with Crippen molar-refractivity contribution in [3.05, 3.63) is 47.3 Å². The summed E-state index contributed by atoms with van der Waals surface area (Å²) < 4.78 is 41.8. The highest BCUT2D eigenvalue weighted by Gasteiger charge is 2.25. The Morgan fingerprint density at radius 1 is 1.19 bits per heavy atom. The molecular formula is C18H19FN2O5S. The van der Waals surface area contributed by atoms with E-state index in [2.05, 4.69) is 4.72 Å². The van der Waals surface area contributed by atoms with Crippen LogP contribution in [0.4, 0.5) is 15.8 Å². The Kier molecular flexibility index (Phi) is 4.97. The summed E-state index contributed by atoms with van der Waals surface area (Å²) in [7, 11) is -4.31. The number of carbonyl (C=O) groups is 1. The van der Waals surface area contributed by atoms with Gasteiger partial charge in [0.15, 0.2) is 5.75 Å². The first-order chi connectivity index (χ1) is 12.7. The number of aromatic hydroxyl groups is 1. The van der Waals surface area contributed by atoms with E-state index >= 15 is 0 Å². The van der Waals surface area contributed by atoms with Gasteiger partial charge >= 0.3 is 5.97 Å². The van der Waals surface area contributed by atoms with Gasteiger partial charge < -0.3 is 15.1 Å². The summed E-state index contributed by atoms with van der Waals surface area (Å²) in [5, 5.41) is 19.2. The molecule has 3 rings (SSSR count). The lowest BCUT2D eigenvalue weighted by atomic mass is 10.1. The highest BCUT2D eigenvalue weighted by Crippen LogP contribution is 2.31. The number of aryl methyl sites for hydroxylation is 1. The van der Waals surface area contributed by atoms with Gasteiger partial charge in [0, 0.05) is 19.2 Å². The Morgan fingerprint density at radius 3 is 2.44 bits per heavy atom. The van der Waals surface area contributed by atoms with E-state index in [9.17, 15) is 22.7 Å². The fourth-order valence-corrected chi connectivity index (χ4v) is 4.36. The first-order valence-electron chi connectivity index (χ1n) is 8.33. The smallest absolute Gasteiger partial charge is 0.339 e. The summed E-state index contributed by atoms with van der Waals surface area (Å²) in [4.78, 5) is 12.5. The van der Waals surface area contributed by atoms with Crippen molar-refractivity contribution in [2.75, 3.05) is 22.7 Å². The van der Waals surface area contributed by atoms with Crippen molar-refractivity contribution in [2.45, 2.75) is 24.7 Å². The van der Waals surface area contributed by atoms with E-state index in [1.54, 1.807) is 0 Å². The van der Waals surface area contributed by atoms with Gasteiger partial charge in [-0.25, -0.2) is 17.6 Å². The minimum absolute atomic E-state index is 0.0202. The fraction of sp³-hybridized carbons (Fsp3) is 0.278. The molecule has 27 heavy (non-hydrogen) atoms. The molecule has 1 saturated heterocycles. The molecule has 0 saturated carbocycles. The minimum atomic E-state index is -4.31. The number of halogens is 1. The minimum Gasteiger partial charge on any atom is -0.506 e. The van der Waals surface area contributed by atoms with Crippen LogP contribution in [0.1, 0.15) is 28.8 Å². The molecule has 0 aromatic heterocycles. The van der Waals surface area contributed by atoms with Crippen LogP contribution in [-0.2, 0) is 10.0 Å². The van der Waals surface area contributed by atoms with Crippen LogP contribution >= 0.6 is 0 Å². The molecule has 0 radical (unpaired) electrons. The Labute approximate surface area is 156 Å². The second-order valence-electron chi connectivity index (χ2n) is 6.43. The zero-order valence-corrected chi connectivity index (χ0v) is 15.4. The van der Waals surface area contributed by atoms with Gasteiger partial charge in [0.2, 0.25) is 0 Å². The molecule has 0 aliphatic carbocycles. The summed E-state index contributed by atoms with van der Waals surface area (Å²) in [5.41, 5.74) is 0.210. The summed E-state index contributed by atoms with van der Waals surface area (Å²) >= 11 is 0. The maximum atomic E-state index is 14.4. The second kappa shape index (κ2) is 7.07. The molecule has 1 aliphatic heterocycles. The molecule has 0 bridgehead atoms. The lowest BCUT2D eigenvalue weighted by molar-refractivity contribution is 0.0693. The van der Waals surface area contributed by atoms with E-state index in [1.807, 2.05) is 4.90 Å². The van der Waals surface area contributed by atoms with Crippen LogP contribution in [0.15, 0.2) is 35.2 Å². The first-order valence-corrected chi connectivity index (χ1v) is 9.81. The lowest BCUT2D eigenvalue weighted by Crippen LogP contribution is -2.19. The molecule has 144 valence electrons. The number of sulfonamides is 1. The molecule has 0 amide bonds. The number of hydrogen-bond donors (Lipinski definition) is 3. The predicted octanol–water partition coefficient (Wildman–Crippen LogP) is 2.94. The maximum absolute atomic E-state index is 14.4. The number of carboxylic acids is 1. The van der Waals surface area contributed by atoms with E-state index < -0.39 is 38.0 Å². The third-order valence-corrected chi connectivity index (χ3v) is 5.78. The Bertz CT molecular complexity index is 1000. The van der Waals surface area contributed by atoms with Crippen LogP contribution in [0, 0.1) is 12.7 Å². The zero-order valence-electron chi connectivity index (χ0n) is 14.6. The van der Waals surface area contributed by atoms with Crippen LogP contribution in [0.25, 0.3) is 0 Å². The van der Waals surface area contributed by atoms with Gasteiger partial charge in [-0.2, -0.15) is 0 Å². The predicted molar refractivity (Wildman–Crippen MR) is 98.5 cm³/mol. The largest absolute Gasteiger partial charge is 0.506 e. The highest BCUT2D eigenvalue weighted by molar-refractivity contribution is 7.92. The number of benzene rings is 2. The molecule has 3 N–H and O–H groups in total. The van der Waals surface area contributed by atoms with Gasteiger partial charge in [-0.3, -0.25) is 4.72 Å². The van der Waals surface area contributed by atoms with Gasteiger partial charge in [0.05, 0.1) is 11.4 Å². The van der Waals surface area contributed by atoms with Crippen molar-refractivity contribution < 1.29 is 27.8 Å². The van der Waals surface area contributed by atoms with Gasteiger partial charge in [0.1, 0.15) is 16.3 Å². The molecule has 0 spiro atoms. The zero-order chi connectivity index (χ0) is 19.8. The fourth-order valence-electron chi connectivity index (χ4n) is 3.11. The molecule has 9 heteroatoms. The van der Waals surface area contributed by atoms with Crippen molar-refractivity contribution >= 4 is 27.4 Å². The number of anilines is 2. The average Bonchev–Trinajstić information content (AvgIpc) is 3.10. The molecule has 1 heterocycles. The molecule has 2 aromatic rings. The molecule has 1 aliphatic rings.